The topological polar surface area (TPSA) is 29.5 Å². The summed E-state index contributed by atoms with van der Waals surface area (Å²) in [4.78, 5) is 14.9. The maximum atomic E-state index is 12.7. The Balaban J connectivity index is 2.02. The van der Waals surface area contributed by atoms with Crippen LogP contribution in [0.25, 0.3) is 10.1 Å². The first-order chi connectivity index (χ1) is 10.6. The molecule has 0 aliphatic heterocycles. The largest absolute Gasteiger partial charge is 0.497 e. The maximum absolute atomic E-state index is 12.7. The molecule has 0 spiro atoms. The van der Waals surface area contributed by atoms with E-state index in [2.05, 4.69) is 0 Å². The first-order valence-electron chi connectivity index (χ1n) is 6.71. The van der Waals surface area contributed by atoms with Crippen molar-refractivity contribution in [3.8, 4) is 5.75 Å². The van der Waals surface area contributed by atoms with Gasteiger partial charge in [-0.1, -0.05) is 29.8 Å². The second kappa shape index (κ2) is 5.99. The van der Waals surface area contributed by atoms with Crippen LogP contribution in [0, 0.1) is 0 Å². The molecule has 0 aliphatic rings. The van der Waals surface area contributed by atoms with E-state index in [0.717, 1.165) is 21.5 Å². The van der Waals surface area contributed by atoms with Gasteiger partial charge in [0, 0.05) is 22.8 Å². The number of amides is 1. The van der Waals surface area contributed by atoms with Crippen molar-refractivity contribution in [3.05, 3.63) is 58.4 Å². The van der Waals surface area contributed by atoms with Crippen LogP contribution in [0.3, 0.4) is 0 Å². The smallest absolute Gasteiger partial charge is 0.269 e. The molecule has 3 aromatic rings. The van der Waals surface area contributed by atoms with Gasteiger partial charge in [0.25, 0.3) is 5.91 Å². The first kappa shape index (κ1) is 14.9. The summed E-state index contributed by atoms with van der Waals surface area (Å²) in [6, 6.07) is 15.1. The minimum absolute atomic E-state index is 0.114. The lowest BCUT2D eigenvalue weighted by Gasteiger charge is -2.16. The lowest BCUT2D eigenvalue weighted by molar-refractivity contribution is 0.0997. The fourth-order valence-corrected chi connectivity index (χ4v) is 3.75. The van der Waals surface area contributed by atoms with Crippen molar-refractivity contribution >= 4 is 44.6 Å². The zero-order valence-corrected chi connectivity index (χ0v) is 13.7. The number of methoxy groups -OCH3 is 1. The molecular formula is C17H14ClNO2S. The third kappa shape index (κ3) is 2.56. The Morgan fingerprint density at radius 3 is 2.59 bits per heavy atom. The summed E-state index contributed by atoms with van der Waals surface area (Å²) in [5.74, 6) is 0.636. The second-order valence-corrected chi connectivity index (χ2v) is 6.24. The van der Waals surface area contributed by atoms with Crippen LogP contribution in [-0.4, -0.2) is 20.1 Å². The van der Waals surface area contributed by atoms with E-state index in [1.54, 1.807) is 19.1 Å². The van der Waals surface area contributed by atoms with Gasteiger partial charge in [-0.3, -0.25) is 4.79 Å². The number of carbonyl (C=O) groups excluding carboxylic acids is 1. The zero-order chi connectivity index (χ0) is 15.7. The number of rotatable bonds is 3. The second-order valence-electron chi connectivity index (χ2n) is 4.81. The van der Waals surface area contributed by atoms with Crippen molar-refractivity contribution in [3.63, 3.8) is 0 Å². The minimum Gasteiger partial charge on any atom is -0.497 e. The number of thiophene rings is 1. The van der Waals surface area contributed by atoms with E-state index in [0.29, 0.717) is 9.90 Å². The van der Waals surface area contributed by atoms with Gasteiger partial charge >= 0.3 is 0 Å². The van der Waals surface area contributed by atoms with Crippen molar-refractivity contribution < 1.29 is 9.53 Å². The molecule has 2 aromatic carbocycles. The average molecular weight is 332 g/mol. The summed E-state index contributed by atoms with van der Waals surface area (Å²) >= 11 is 7.78. The Morgan fingerprint density at radius 1 is 1.18 bits per heavy atom. The molecule has 0 fully saturated rings. The van der Waals surface area contributed by atoms with Crippen LogP contribution in [-0.2, 0) is 0 Å². The number of ether oxygens (including phenoxy) is 1. The number of nitrogens with zero attached hydrogens (tertiary/aromatic N) is 1. The molecule has 0 bridgehead atoms. The van der Waals surface area contributed by atoms with E-state index in [9.17, 15) is 4.79 Å². The highest BCUT2D eigenvalue weighted by Crippen LogP contribution is 2.38. The van der Waals surface area contributed by atoms with Crippen molar-refractivity contribution in [2.24, 2.45) is 0 Å². The van der Waals surface area contributed by atoms with E-state index in [-0.39, 0.29) is 5.91 Å². The molecule has 0 saturated carbocycles. The molecule has 1 heterocycles. The fourth-order valence-electron chi connectivity index (χ4n) is 2.23. The number of hydrogen-bond donors (Lipinski definition) is 0. The molecule has 0 N–H and O–H groups in total. The average Bonchev–Trinajstić information content (AvgIpc) is 2.90. The number of carbonyl (C=O) groups is 1. The summed E-state index contributed by atoms with van der Waals surface area (Å²) in [5.41, 5.74) is 0.832. The zero-order valence-electron chi connectivity index (χ0n) is 12.2. The number of hydrogen-bond acceptors (Lipinski definition) is 3. The van der Waals surface area contributed by atoms with Crippen molar-refractivity contribution in [2.45, 2.75) is 0 Å². The van der Waals surface area contributed by atoms with E-state index >= 15 is 0 Å². The normalized spacial score (nSPS) is 10.7. The SMILES string of the molecule is COc1ccc2c(Cl)c(C(=O)N(C)c3ccccc3)sc2c1. The Bertz CT molecular complexity index is 829. The summed E-state index contributed by atoms with van der Waals surface area (Å²) in [6.45, 7) is 0. The van der Waals surface area contributed by atoms with Crippen LogP contribution in [0.1, 0.15) is 9.67 Å². The Morgan fingerprint density at radius 2 is 1.91 bits per heavy atom. The molecule has 0 unspecified atom stereocenters. The molecular weight excluding hydrogens is 318 g/mol. The number of benzene rings is 2. The Hall–Kier alpha value is -2.04. The molecule has 0 radical (unpaired) electrons. The highest BCUT2D eigenvalue weighted by Gasteiger charge is 2.21. The van der Waals surface area contributed by atoms with Gasteiger partial charge in [0.1, 0.15) is 10.6 Å². The molecule has 0 aliphatic carbocycles. The molecule has 112 valence electrons. The lowest BCUT2D eigenvalue weighted by atomic mass is 10.2. The molecule has 22 heavy (non-hydrogen) atoms. The monoisotopic (exact) mass is 331 g/mol. The number of para-hydroxylation sites is 1. The van der Waals surface area contributed by atoms with Crippen LogP contribution in [0.2, 0.25) is 5.02 Å². The number of fused-ring (bicyclic) bond motifs is 1. The van der Waals surface area contributed by atoms with Gasteiger partial charge in [0.2, 0.25) is 0 Å². The Kier molecular flexibility index (Phi) is 4.05. The van der Waals surface area contributed by atoms with Gasteiger partial charge in [-0.2, -0.15) is 0 Å². The van der Waals surface area contributed by atoms with Crippen LogP contribution in [0.5, 0.6) is 5.75 Å². The van der Waals surface area contributed by atoms with Crippen LogP contribution in [0.4, 0.5) is 5.69 Å². The van der Waals surface area contributed by atoms with Gasteiger partial charge in [0.05, 0.1) is 12.1 Å². The summed E-state index contributed by atoms with van der Waals surface area (Å²) in [6.07, 6.45) is 0. The quantitative estimate of drug-likeness (QED) is 0.687. The standard InChI is InChI=1S/C17H14ClNO2S/c1-19(11-6-4-3-5-7-11)17(20)16-15(18)13-9-8-12(21-2)10-14(13)22-16/h3-10H,1-2H3. The summed E-state index contributed by atoms with van der Waals surface area (Å²) < 4.78 is 6.16. The highest BCUT2D eigenvalue weighted by atomic mass is 35.5. The molecule has 0 saturated heterocycles. The van der Waals surface area contributed by atoms with Gasteiger partial charge in [-0.25, -0.2) is 0 Å². The van der Waals surface area contributed by atoms with Crippen LogP contribution in [0.15, 0.2) is 48.5 Å². The molecule has 5 heteroatoms. The van der Waals surface area contributed by atoms with E-state index in [1.165, 1.54) is 11.3 Å². The van der Waals surface area contributed by atoms with Gasteiger partial charge < -0.3 is 9.64 Å². The summed E-state index contributed by atoms with van der Waals surface area (Å²) in [5, 5.41) is 1.37. The fraction of sp³-hybridized carbons (Fsp3) is 0.118. The molecule has 3 nitrogen and oxygen atoms in total. The minimum atomic E-state index is -0.114. The van der Waals surface area contributed by atoms with Gasteiger partial charge in [-0.15, -0.1) is 11.3 Å². The van der Waals surface area contributed by atoms with Crippen molar-refractivity contribution in [1.82, 2.24) is 0 Å². The van der Waals surface area contributed by atoms with Crippen LogP contribution >= 0.6 is 22.9 Å². The molecule has 1 amide bonds. The maximum Gasteiger partial charge on any atom is 0.269 e. The number of anilines is 1. The van der Waals surface area contributed by atoms with E-state index in [1.807, 2.05) is 48.5 Å². The van der Waals surface area contributed by atoms with Gasteiger partial charge in [0.15, 0.2) is 0 Å². The molecule has 0 atom stereocenters. The molecule has 3 rings (SSSR count). The highest BCUT2D eigenvalue weighted by molar-refractivity contribution is 7.21. The number of halogens is 1. The van der Waals surface area contributed by atoms with Crippen LogP contribution < -0.4 is 9.64 Å². The van der Waals surface area contributed by atoms with Gasteiger partial charge in [-0.05, 0) is 30.3 Å². The lowest BCUT2D eigenvalue weighted by Crippen LogP contribution is -2.25. The molecule has 1 aromatic heterocycles. The predicted molar refractivity (Wildman–Crippen MR) is 92.6 cm³/mol. The Labute approximate surface area is 137 Å². The van der Waals surface area contributed by atoms with E-state index < -0.39 is 0 Å². The summed E-state index contributed by atoms with van der Waals surface area (Å²) in [7, 11) is 3.37. The van der Waals surface area contributed by atoms with Crippen molar-refractivity contribution in [2.75, 3.05) is 19.1 Å². The first-order valence-corrected chi connectivity index (χ1v) is 7.90. The third-order valence-corrected chi connectivity index (χ3v) is 5.12. The predicted octanol–water partition coefficient (Wildman–Crippen LogP) is 4.84. The third-order valence-electron chi connectivity index (χ3n) is 3.48. The van der Waals surface area contributed by atoms with E-state index in [4.69, 9.17) is 16.3 Å². The van der Waals surface area contributed by atoms with Crippen molar-refractivity contribution in [1.29, 1.82) is 0 Å².